The van der Waals surface area contributed by atoms with Crippen LogP contribution in [0.2, 0.25) is 5.02 Å². The van der Waals surface area contributed by atoms with Gasteiger partial charge in [0.1, 0.15) is 0 Å². The number of hydrogen-bond acceptors (Lipinski definition) is 3. The summed E-state index contributed by atoms with van der Waals surface area (Å²) in [5.41, 5.74) is 0.627. The molecule has 4 heteroatoms. The zero-order valence-electron chi connectivity index (χ0n) is 9.08. The number of carbonyl (C=O) groups is 1. The Labute approximate surface area is 100 Å². The fourth-order valence-corrected chi connectivity index (χ4v) is 2.09. The molecule has 0 amide bonds. The van der Waals surface area contributed by atoms with E-state index in [1.54, 1.807) is 12.1 Å². The lowest BCUT2D eigenvalue weighted by molar-refractivity contribution is 0.0921. The summed E-state index contributed by atoms with van der Waals surface area (Å²) in [5, 5.41) is 3.80. The van der Waals surface area contributed by atoms with E-state index in [0.29, 0.717) is 17.1 Å². The van der Waals surface area contributed by atoms with E-state index in [0.717, 1.165) is 26.2 Å². The normalized spacial score (nSPS) is 17.3. The molecule has 2 rings (SSSR count). The topological polar surface area (TPSA) is 32.3 Å². The second-order valence-corrected chi connectivity index (χ2v) is 4.34. The van der Waals surface area contributed by atoms with Crippen LogP contribution in [-0.2, 0) is 0 Å². The summed E-state index contributed by atoms with van der Waals surface area (Å²) in [6.45, 7) is 4.23. The van der Waals surface area contributed by atoms with Crippen LogP contribution >= 0.6 is 11.6 Å². The van der Waals surface area contributed by atoms with Crippen LogP contribution in [0.1, 0.15) is 10.4 Å². The van der Waals surface area contributed by atoms with Crippen LogP contribution in [0.15, 0.2) is 24.3 Å². The Morgan fingerprint density at radius 3 is 2.69 bits per heavy atom. The number of benzene rings is 1. The second kappa shape index (κ2) is 5.43. The van der Waals surface area contributed by atoms with E-state index in [4.69, 9.17) is 11.6 Å². The van der Waals surface area contributed by atoms with Gasteiger partial charge in [-0.1, -0.05) is 23.7 Å². The molecule has 0 bridgehead atoms. The first-order valence-corrected chi connectivity index (χ1v) is 5.86. The summed E-state index contributed by atoms with van der Waals surface area (Å²) < 4.78 is 0. The second-order valence-electron chi connectivity index (χ2n) is 3.93. The Morgan fingerprint density at radius 1 is 1.31 bits per heavy atom. The molecule has 1 aromatic carbocycles. The van der Waals surface area contributed by atoms with Gasteiger partial charge in [-0.15, -0.1) is 0 Å². The van der Waals surface area contributed by atoms with E-state index < -0.39 is 0 Å². The number of halogens is 1. The molecule has 16 heavy (non-hydrogen) atoms. The minimum absolute atomic E-state index is 0.104. The lowest BCUT2D eigenvalue weighted by atomic mass is 10.1. The molecule has 1 N–H and O–H groups in total. The molecular weight excluding hydrogens is 224 g/mol. The molecule has 0 aliphatic carbocycles. The Morgan fingerprint density at radius 2 is 2.00 bits per heavy atom. The Bertz CT molecular complexity index is 375. The third-order valence-corrected chi connectivity index (χ3v) is 3.08. The van der Waals surface area contributed by atoms with Crippen molar-refractivity contribution in [3.63, 3.8) is 0 Å². The summed E-state index contributed by atoms with van der Waals surface area (Å²) >= 11 is 5.99. The number of piperazine rings is 1. The van der Waals surface area contributed by atoms with Crippen molar-refractivity contribution in [1.82, 2.24) is 10.2 Å². The molecule has 1 aromatic rings. The van der Waals surface area contributed by atoms with Crippen molar-refractivity contribution in [3.05, 3.63) is 34.9 Å². The molecule has 1 fully saturated rings. The molecule has 3 nitrogen and oxygen atoms in total. The summed E-state index contributed by atoms with van der Waals surface area (Å²) in [5.74, 6) is 0.104. The van der Waals surface area contributed by atoms with Crippen molar-refractivity contribution in [3.8, 4) is 0 Å². The first-order valence-electron chi connectivity index (χ1n) is 5.48. The SMILES string of the molecule is O=C(CN1CCNCC1)c1ccccc1Cl. The van der Waals surface area contributed by atoms with Gasteiger partial charge in [0, 0.05) is 31.7 Å². The van der Waals surface area contributed by atoms with Gasteiger partial charge in [0.25, 0.3) is 0 Å². The number of nitrogens with zero attached hydrogens (tertiary/aromatic N) is 1. The number of rotatable bonds is 3. The molecule has 1 aliphatic heterocycles. The fraction of sp³-hybridized carbons (Fsp3) is 0.417. The largest absolute Gasteiger partial charge is 0.314 e. The predicted molar refractivity (Wildman–Crippen MR) is 65.1 cm³/mol. The fourth-order valence-electron chi connectivity index (χ4n) is 1.84. The minimum atomic E-state index is 0.104. The van der Waals surface area contributed by atoms with Crippen LogP contribution in [-0.4, -0.2) is 43.4 Å². The molecule has 0 unspecified atom stereocenters. The van der Waals surface area contributed by atoms with Crippen molar-refractivity contribution >= 4 is 17.4 Å². The quantitative estimate of drug-likeness (QED) is 0.809. The lowest BCUT2D eigenvalue weighted by Gasteiger charge is -2.26. The molecule has 0 aromatic heterocycles. The van der Waals surface area contributed by atoms with Gasteiger partial charge in [0.2, 0.25) is 0 Å². The van der Waals surface area contributed by atoms with Crippen LogP contribution in [0, 0.1) is 0 Å². The molecule has 1 heterocycles. The average molecular weight is 239 g/mol. The van der Waals surface area contributed by atoms with Gasteiger partial charge in [-0.25, -0.2) is 0 Å². The smallest absolute Gasteiger partial charge is 0.178 e. The van der Waals surface area contributed by atoms with Gasteiger partial charge in [-0.3, -0.25) is 9.69 Å². The van der Waals surface area contributed by atoms with Gasteiger partial charge >= 0.3 is 0 Å². The number of nitrogens with one attached hydrogen (secondary N) is 1. The van der Waals surface area contributed by atoms with E-state index in [9.17, 15) is 4.79 Å². The van der Waals surface area contributed by atoms with Crippen LogP contribution in [0.25, 0.3) is 0 Å². The van der Waals surface area contributed by atoms with Crippen molar-refractivity contribution in [2.45, 2.75) is 0 Å². The highest BCUT2D eigenvalue weighted by Crippen LogP contribution is 2.15. The van der Waals surface area contributed by atoms with Crippen LogP contribution in [0.3, 0.4) is 0 Å². The predicted octanol–water partition coefficient (Wildman–Crippen LogP) is 1.43. The van der Waals surface area contributed by atoms with Gasteiger partial charge in [-0.2, -0.15) is 0 Å². The highest BCUT2D eigenvalue weighted by atomic mass is 35.5. The van der Waals surface area contributed by atoms with Crippen LogP contribution in [0.5, 0.6) is 0 Å². The average Bonchev–Trinajstić information content (AvgIpc) is 2.31. The van der Waals surface area contributed by atoms with E-state index in [1.807, 2.05) is 12.1 Å². The third-order valence-electron chi connectivity index (χ3n) is 2.75. The maximum atomic E-state index is 12.0. The molecule has 0 atom stereocenters. The highest BCUT2D eigenvalue weighted by molar-refractivity contribution is 6.34. The van der Waals surface area contributed by atoms with E-state index >= 15 is 0 Å². The van der Waals surface area contributed by atoms with Crippen molar-refractivity contribution in [1.29, 1.82) is 0 Å². The van der Waals surface area contributed by atoms with Gasteiger partial charge < -0.3 is 5.32 Å². The molecule has 86 valence electrons. The van der Waals surface area contributed by atoms with Crippen molar-refractivity contribution in [2.75, 3.05) is 32.7 Å². The molecule has 0 radical (unpaired) electrons. The highest BCUT2D eigenvalue weighted by Gasteiger charge is 2.16. The zero-order chi connectivity index (χ0) is 11.4. The number of carbonyl (C=O) groups excluding carboxylic acids is 1. The summed E-state index contributed by atoms with van der Waals surface area (Å²) in [4.78, 5) is 14.1. The lowest BCUT2D eigenvalue weighted by Crippen LogP contribution is -2.45. The molecule has 0 spiro atoms. The first-order chi connectivity index (χ1) is 7.77. The molecular formula is C12H15ClN2O. The first kappa shape index (κ1) is 11.6. The number of Topliss-reactive ketones (excluding diaryl/α,β-unsaturated/α-hetero) is 1. The van der Waals surface area contributed by atoms with Crippen LogP contribution < -0.4 is 5.32 Å². The summed E-state index contributed by atoms with van der Waals surface area (Å²) in [6, 6.07) is 7.22. The molecule has 0 saturated carbocycles. The van der Waals surface area contributed by atoms with Gasteiger partial charge in [-0.05, 0) is 12.1 Å². The zero-order valence-corrected chi connectivity index (χ0v) is 9.83. The van der Waals surface area contributed by atoms with E-state index in [1.165, 1.54) is 0 Å². The maximum Gasteiger partial charge on any atom is 0.178 e. The Balaban J connectivity index is 2.00. The van der Waals surface area contributed by atoms with Crippen molar-refractivity contribution < 1.29 is 4.79 Å². The monoisotopic (exact) mass is 238 g/mol. The standard InChI is InChI=1S/C12H15ClN2O/c13-11-4-2-1-3-10(11)12(16)9-15-7-5-14-6-8-15/h1-4,14H,5-9H2. The number of hydrogen-bond donors (Lipinski definition) is 1. The Hall–Kier alpha value is -0.900. The van der Waals surface area contributed by atoms with Gasteiger partial charge in [0.05, 0.1) is 11.6 Å². The molecule has 1 aliphatic rings. The minimum Gasteiger partial charge on any atom is -0.314 e. The van der Waals surface area contributed by atoms with E-state index in [2.05, 4.69) is 10.2 Å². The van der Waals surface area contributed by atoms with Gasteiger partial charge in [0.15, 0.2) is 5.78 Å². The maximum absolute atomic E-state index is 12.0. The van der Waals surface area contributed by atoms with Crippen LogP contribution in [0.4, 0.5) is 0 Å². The third kappa shape index (κ3) is 2.82. The Kier molecular flexibility index (Phi) is 3.93. The molecule has 1 saturated heterocycles. The number of ketones is 1. The summed E-state index contributed by atoms with van der Waals surface area (Å²) in [7, 11) is 0. The van der Waals surface area contributed by atoms with E-state index in [-0.39, 0.29) is 5.78 Å². The van der Waals surface area contributed by atoms with Crippen molar-refractivity contribution in [2.24, 2.45) is 0 Å². The summed E-state index contributed by atoms with van der Waals surface area (Å²) in [6.07, 6.45) is 0.